The minimum Gasteiger partial charge on any atom is -0.231 e. The molecule has 2 aromatic rings. The van der Waals surface area contributed by atoms with Crippen molar-refractivity contribution in [3.05, 3.63) is 41.3 Å². The Kier molecular flexibility index (Phi) is 3.38. The van der Waals surface area contributed by atoms with Gasteiger partial charge >= 0.3 is 0 Å². The second-order valence-corrected chi connectivity index (χ2v) is 4.53. The Morgan fingerprint density at radius 1 is 1.13 bits per heavy atom. The molecule has 0 aliphatic carbocycles. The molecule has 1 heterocycles. The summed E-state index contributed by atoms with van der Waals surface area (Å²) >= 11 is 5.00. The van der Waals surface area contributed by atoms with Gasteiger partial charge in [0.2, 0.25) is 0 Å². The molecule has 0 radical (unpaired) electrons. The van der Waals surface area contributed by atoms with E-state index in [1.54, 1.807) is 18.0 Å². The lowest BCUT2D eigenvalue weighted by Crippen LogP contribution is -1.86. The van der Waals surface area contributed by atoms with Gasteiger partial charge < -0.3 is 0 Å². The van der Waals surface area contributed by atoms with Crippen LogP contribution < -0.4 is 0 Å². The Morgan fingerprint density at radius 2 is 1.87 bits per heavy atom. The van der Waals surface area contributed by atoms with E-state index in [0.29, 0.717) is 4.73 Å². The lowest BCUT2D eigenvalue weighted by Gasteiger charge is -2.01. The van der Waals surface area contributed by atoms with Crippen LogP contribution in [0.5, 0.6) is 0 Å². The quantitative estimate of drug-likeness (QED) is 0.621. The van der Waals surface area contributed by atoms with E-state index in [1.807, 2.05) is 6.07 Å². The van der Waals surface area contributed by atoms with Gasteiger partial charge in [0.15, 0.2) is 4.73 Å². The Balaban J connectivity index is 2.37. The number of nitrogens with zero attached hydrogens (tertiary/aromatic N) is 2. The number of hydrogen-bond donors (Lipinski definition) is 0. The molecule has 2 nitrogen and oxygen atoms in total. The van der Waals surface area contributed by atoms with E-state index >= 15 is 0 Å². The van der Waals surface area contributed by atoms with Gasteiger partial charge in [0, 0.05) is 16.7 Å². The zero-order chi connectivity index (χ0) is 10.7. The molecule has 2 rings (SSSR count). The van der Waals surface area contributed by atoms with Gasteiger partial charge in [-0.15, -0.1) is 11.8 Å². The van der Waals surface area contributed by atoms with E-state index in [2.05, 4.69) is 56.4 Å². The van der Waals surface area contributed by atoms with Crippen LogP contribution in [0.2, 0.25) is 0 Å². The number of aromatic nitrogens is 2. The number of rotatable bonds is 2. The maximum atomic E-state index is 4.30. The summed E-state index contributed by atoms with van der Waals surface area (Å²) < 4.78 is 0.619. The predicted octanol–water partition coefficient (Wildman–Crippen LogP) is 3.63. The first-order chi connectivity index (χ1) is 7.29. The van der Waals surface area contributed by atoms with Crippen molar-refractivity contribution in [2.45, 2.75) is 4.90 Å². The molecule has 0 spiro atoms. The van der Waals surface area contributed by atoms with E-state index in [-0.39, 0.29) is 0 Å². The summed E-state index contributed by atoms with van der Waals surface area (Å²) in [5, 5.41) is 0. The molecule has 0 aliphatic heterocycles. The highest BCUT2D eigenvalue weighted by Gasteiger charge is 2.00. The van der Waals surface area contributed by atoms with Gasteiger partial charge in [-0.05, 0) is 40.4 Å². The molecule has 0 fully saturated rings. The van der Waals surface area contributed by atoms with Crippen molar-refractivity contribution in [3.8, 4) is 11.3 Å². The van der Waals surface area contributed by atoms with Crippen LogP contribution in [0.25, 0.3) is 11.3 Å². The van der Waals surface area contributed by atoms with Gasteiger partial charge in [0.1, 0.15) is 0 Å². The van der Waals surface area contributed by atoms with Gasteiger partial charge in [-0.1, -0.05) is 12.1 Å². The fourth-order valence-corrected chi connectivity index (χ4v) is 1.97. The van der Waals surface area contributed by atoms with E-state index < -0.39 is 0 Å². The Hall–Kier alpha value is -0.870. The minimum atomic E-state index is 0.619. The third kappa shape index (κ3) is 2.58. The molecule has 76 valence electrons. The first kappa shape index (κ1) is 10.6. The molecular weight excluding hydrogens is 272 g/mol. The van der Waals surface area contributed by atoms with Crippen molar-refractivity contribution in [2.24, 2.45) is 0 Å². The molecule has 1 aromatic heterocycles. The molecular formula is C11H9BrN2S. The molecule has 0 N–H and O–H groups in total. The van der Waals surface area contributed by atoms with Crippen LogP contribution in [0, 0.1) is 0 Å². The van der Waals surface area contributed by atoms with E-state index in [1.165, 1.54) is 4.90 Å². The van der Waals surface area contributed by atoms with Crippen LogP contribution in [-0.4, -0.2) is 16.2 Å². The maximum Gasteiger partial charge on any atom is 0.197 e. The van der Waals surface area contributed by atoms with Gasteiger partial charge in [-0.2, -0.15) is 0 Å². The lowest BCUT2D eigenvalue weighted by molar-refractivity contribution is 1.12. The highest BCUT2D eigenvalue weighted by Crippen LogP contribution is 2.21. The highest BCUT2D eigenvalue weighted by atomic mass is 79.9. The Bertz CT molecular complexity index is 456. The molecule has 0 bridgehead atoms. The Labute approximate surface area is 101 Å². The van der Waals surface area contributed by atoms with Gasteiger partial charge in [-0.3, -0.25) is 0 Å². The molecule has 0 saturated heterocycles. The monoisotopic (exact) mass is 280 g/mol. The van der Waals surface area contributed by atoms with Crippen molar-refractivity contribution in [1.82, 2.24) is 9.97 Å². The molecule has 0 atom stereocenters. The SMILES string of the molecule is CSc1ccc(-c2ccnc(Br)n2)cc1. The third-order valence-corrected chi connectivity index (χ3v) is 3.14. The molecule has 4 heteroatoms. The fourth-order valence-electron chi connectivity index (χ4n) is 1.26. The van der Waals surface area contributed by atoms with Crippen LogP contribution >= 0.6 is 27.7 Å². The smallest absolute Gasteiger partial charge is 0.197 e. The average Bonchev–Trinajstić information content (AvgIpc) is 2.29. The number of benzene rings is 1. The first-order valence-electron chi connectivity index (χ1n) is 4.42. The van der Waals surface area contributed by atoms with Crippen LogP contribution in [0.15, 0.2) is 46.2 Å². The second kappa shape index (κ2) is 4.77. The molecule has 0 saturated carbocycles. The predicted molar refractivity (Wildman–Crippen MR) is 66.9 cm³/mol. The van der Waals surface area contributed by atoms with Crippen LogP contribution in [0.3, 0.4) is 0 Å². The molecule has 0 unspecified atom stereocenters. The molecule has 15 heavy (non-hydrogen) atoms. The Morgan fingerprint density at radius 3 is 2.47 bits per heavy atom. The standard InChI is InChI=1S/C11H9BrN2S/c1-15-9-4-2-8(3-5-9)10-6-7-13-11(12)14-10/h2-7H,1H3. The van der Waals surface area contributed by atoms with Crippen molar-refractivity contribution in [1.29, 1.82) is 0 Å². The number of halogens is 1. The summed E-state index contributed by atoms with van der Waals surface area (Å²) in [5.74, 6) is 0. The summed E-state index contributed by atoms with van der Waals surface area (Å²) in [6.07, 6.45) is 3.81. The van der Waals surface area contributed by atoms with Crippen LogP contribution in [-0.2, 0) is 0 Å². The summed E-state index contributed by atoms with van der Waals surface area (Å²) in [5.41, 5.74) is 2.04. The van der Waals surface area contributed by atoms with Gasteiger partial charge in [-0.25, -0.2) is 9.97 Å². The topological polar surface area (TPSA) is 25.8 Å². The van der Waals surface area contributed by atoms with E-state index in [0.717, 1.165) is 11.3 Å². The van der Waals surface area contributed by atoms with E-state index in [9.17, 15) is 0 Å². The maximum absolute atomic E-state index is 4.30. The average molecular weight is 281 g/mol. The summed E-state index contributed by atoms with van der Waals surface area (Å²) in [4.78, 5) is 9.55. The van der Waals surface area contributed by atoms with Crippen molar-refractivity contribution >= 4 is 27.7 Å². The second-order valence-electron chi connectivity index (χ2n) is 2.94. The van der Waals surface area contributed by atoms with Gasteiger partial charge in [0.25, 0.3) is 0 Å². The zero-order valence-electron chi connectivity index (χ0n) is 8.14. The first-order valence-corrected chi connectivity index (χ1v) is 6.44. The third-order valence-electron chi connectivity index (χ3n) is 2.01. The number of thioether (sulfide) groups is 1. The largest absolute Gasteiger partial charge is 0.231 e. The fraction of sp³-hybridized carbons (Fsp3) is 0.0909. The summed E-state index contributed by atoms with van der Waals surface area (Å²) in [6, 6.07) is 10.2. The lowest BCUT2D eigenvalue weighted by atomic mass is 10.1. The summed E-state index contributed by atoms with van der Waals surface area (Å²) in [7, 11) is 0. The molecule has 1 aromatic carbocycles. The molecule has 0 amide bonds. The summed E-state index contributed by atoms with van der Waals surface area (Å²) in [6.45, 7) is 0. The minimum absolute atomic E-state index is 0.619. The molecule has 0 aliphatic rings. The van der Waals surface area contributed by atoms with E-state index in [4.69, 9.17) is 0 Å². The van der Waals surface area contributed by atoms with Crippen LogP contribution in [0.1, 0.15) is 0 Å². The normalized spacial score (nSPS) is 10.3. The zero-order valence-corrected chi connectivity index (χ0v) is 10.5. The highest BCUT2D eigenvalue weighted by molar-refractivity contribution is 9.10. The van der Waals surface area contributed by atoms with Crippen molar-refractivity contribution in [2.75, 3.05) is 6.26 Å². The van der Waals surface area contributed by atoms with Crippen molar-refractivity contribution in [3.63, 3.8) is 0 Å². The van der Waals surface area contributed by atoms with Gasteiger partial charge in [0.05, 0.1) is 5.69 Å². The number of hydrogen-bond acceptors (Lipinski definition) is 3. The van der Waals surface area contributed by atoms with Crippen molar-refractivity contribution < 1.29 is 0 Å². The van der Waals surface area contributed by atoms with Crippen LogP contribution in [0.4, 0.5) is 0 Å².